The number of nitrogens with zero attached hydrogens (tertiary/aromatic N) is 1. The number of hydrogen-bond donors (Lipinski definition) is 1. The number of benzene rings is 1. The summed E-state index contributed by atoms with van der Waals surface area (Å²) in [6, 6.07) is 10.1. The Morgan fingerprint density at radius 3 is 2.83 bits per heavy atom. The number of nitrogens with one attached hydrogen (secondary N) is 1. The van der Waals surface area contributed by atoms with E-state index < -0.39 is 5.95 Å². The maximum Gasteiger partial charge on any atom is 0.257 e. The Morgan fingerprint density at radius 1 is 1.33 bits per heavy atom. The van der Waals surface area contributed by atoms with Crippen LogP contribution in [-0.2, 0) is 0 Å². The van der Waals surface area contributed by atoms with E-state index in [4.69, 9.17) is 0 Å². The van der Waals surface area contributed by atoms with Gasteiger partial charge in [-0.3, -0.25) is 4.79 Å². The Balaban J connectivity index is 2.13. The summed E-state index contributed by atoms with van der Waals surface area (Å²) >= 11 is 1.59. The number of amides is 1. The van der Waals surface area contributed by atoms with Crippen LogP contribution >= 0.6 is 11.8 Å². The molecule has 0 radical (unpaired) electrons. The van der Waals surface area contributed by atoms with Gasteiger partial charge in [0.15, 0.2) is 0 Å². The lowest BCUT2D eigenvalue weighted by Crippen LogP contribution is -2.12. The molecule has 0 fully saturated rings. The lowest BCUT2D eigenvalue weighted by Gasteiger charge is -2.06. The average molecular weight is 262 g/mol. The number of carbonyl (C=O) groups is 1. The van der Waals surface area contributed by atoms with Crippen LogP contribution in [0.4, 0.5) is 10.1 Å². The van der Waals surface area contributed by atoms with E-state index in [0.29, 0.717) is 11.3 Å². The molecule has 0 aliphatic rings. The highest BCUT2D eigenvalue weighted by Crippen LogP contribution is 2.19. The van der Waals surface area contributed by atoms with Gasteiger partial charge in [0, 0.05) is 16.8 Å². The molecule has 0 unspecified atom stereocenters. The standard InChI is InChI=1S/C13H11FN2OS/c1-18-11-4-2-3-10(7-11)16-13(17)9-5-6-12(14)15-8-9/h2-8H,1H3,(H,16,17). The Bertz CT molecular complexity index is 557. The fourth-order valence-electron chi connectivity index (χ4n) is 1.41. The maximum absolute atomic E-state index is 12.6. The molecule has 1 heterocycles. The highest BCUT2D eigenvalue weighted by atomic mass is 32.2. The van der Waals surface area contributed by atoms with Crippen LogP contribution in [0.15, 0.2) is 47.5 Å². The monoisotopic (exact) mass is 262 g/mol. The smallest absolute Gasteiger partial charge is 0.257 e. The second-order valence-electron chi connectivity index (χ2n) is 3.56. The third kappa shape index (κ3) is 3.07. The van der Waals surface area contributed by atoms with Gasteiger partial charge in [0.2, 0.25) is 5.95 Å². The lowest BCUT2D eigenvalue weighted by molar-refractivity contribution is 0.102. The van der Waals surface area contributed by atoms with Crippen molar-refractivity contribution < 1.29 is 9.18 Å². The van der Waals surface area contributed by atoms with Crippen molar-refractivity contribution in [3.05, 3.63) is 54.1 Å². The molecule has 0 saturated heterocycles. The van der Waals surface area contributed by atoms with E-state index in [2.05, 4.69) is 10.3 Å². The van der Waals surface area contributed by atoms with Crippen molar-refractivity contribution in [2.24, 2.45) is 0 Å². The minimum Gasteiger partial charge on any atom is -0.322 e. The Kier molecular flexibility index (Phi) is 3.94. The van der Waals surface area contributed by atoms with Crippen molar-refractivity contribution >= 4 is 23.4 Å². The van der Waals surface area contributed by atoms with Gasteiger partial charge in [0.25, 0.3) is 5.91 Å². The predicted molar refractivity (Wildman–Crippen MR) is 70.4 cm³/mol. The highest BCUT2D eigenvalue weighted by molar-refractivity contribution is 7.98. The first-order valence-corrected chi connectivity index (χ1v) is 6.48. The molecule has 92 valence electrons. The average Bonchev–Trinajstić information content (AvgIpc) is 2.39. The number of aromatic nitrogens is 1. The van der Waals surface area contributed by atoms with E-state index in [1.165, 1.54) is 12.3 Å². The van der Waals surface area contributed by atoms with Crippen LogP contribution in [0.25, 0.3) is 0 Å². The largest absolute Gasteiger partial charge is 0.322 e. The second-order valence-corrected chi connectivity index (χ2v) is 4.44. The molecule has 3 nitrogen and oxygen atoms in total. The number of thioether (sulfide) groups is 1. The molecule has 1 N–H and O–H groups in total. The number of carbonyl (C=O) groups excluding carboxylic acids is 1. The summed E-state index contributed by atoms with van der Waals surface area (Å²) in [5.41, 5.74) is 1.03. The number of rotatable bonds is 3. The summed E-state index contributed by atoms with van der Waals surface area (Å²) in [4.78, 5) is 16.3. The Hall–Kier alpha value is -1.88. The van der Waals surface area contributed by atoms with Gasteiger partial charge < -0.3 is 5.32 Å². The molecule has 0 spiro atoms. The van der Waals surface area contributed by atoms with Gasteiger partial charge in [0.05, 0.1) is 5.56 Å². The third-order valence-electron chi connectivity index (χ3n) is 2.32. The van der Waals surface area contributed by atoms with E-state index >= 15 is 0 Å². The van der Waals surface area contributed by atoms with Crippen molar-refractivity contribution in [1.29, 1.82) is 0 Å². The predicted octanol–water partition coefficient (Wildman–Crippen LogP) is 3.19. The second kappa shape index (κ2) is 5.64. The molecule has 0 aliphatic carbocycles. The number of halogens is 1. The third-order valence-corrected chi connectivity index (χ3v) is 3.04. The first-order valence-electron chi connectivity index (χ1n) is 5.26. The first-order chi connectivity index (χ1) is 8.69. The minimum atomic E-state index is -0.601. The van der Waals surface area contributed by atoms with Crippen LogP contribution in [0.1, 0.15) is 10.4 Å². The van der Waals surface area contributed by atoms with Crippen LogP contribution in [0.2, 0.25) is 0 Å². The molecule has 5 heteroatoms. The molecular formula is C13H11FN2OS. The molecule has 1 aromatic heterocycles. The molecule has 1 aromatic carbocycles. The summed E-state index contributed by atoms with van der Waals surface area (Å²) in [5, 5.41) is 2.74. The fraction of sp³-hybridized carbons (Fsp3) is 0.0769. The summed E-state index contributed by atoms with van der Waals surface area (Å²) in [6.07, 6.45) is 3.17. The molecule has 0 aliphatic heterocycles. The maximum atomic E-state index is 12.6. The van der Waals surface area contributed by atoms with Gasteiger partial charge in [-0.2, -0.15) is 4.39 Å². The van der Waals surface area contributed by atoms with Crippen LogP contribution < -0.4 is 5.32 Å². The highest BCUT2D eigenvalue weighted by Gasteiger charge is 2.06. The summed E-state index contributed by atoms with van der Waals surface area (Å²) in [7, 11) is 0. The lowest BCUT2D eigenvalue weighted by atomic mass is 10.2. The Morgan fingerprint density at radius 2 is 2.17 bits per heavy atom. The zero-order valence-electron chi connectivity index (χ0n) is 9.68. The number of pyridine rings is 1. The van der Waals surface area contributed by atoms with Crippen LogP contribution in [0.3, 0.4) is 0 Å². The van der Waals surface area contributed by atoms with Crippen molar-refractivity contribution in [2.75, 3.05) is 11.6 Å². The van der Waals surface area contributed by atoms with E-state index in [9.17, 15) is 9.18 Å². The van der Waals surface area contributed by atoms with Gasteiger partial charge in [-0.1, -0.05) is 6.07 Å². The summed E-state index contributed by atoms with van der Waals surface area (Å²) < 4.78 is 12.6. The zero-order valence-corrected chi connectivity index (χ0v) is 10.5. The molecule has 0 atom stereocenters. The molecule has 1 amide bonds. The van der Waals surface area contributed by atoms with Crippen molar-refractivity contribution in [3.8, 4) is 0 Å². The zero-order chi connectivity index (χ0) is 13.0. The van der Waals surface area contributed by atoms with E-state index in [0.717, 1.165) is 11.0 Å². The van der Waals surface area contributed by atoms with Gasteiger partial charge in [-0.25, -0.2) is 4.98 Å². The van der Waals surface area contributed by atoms with Gasteiger partial charge in [-0.15, -0.1) is 11.8 Å². The number of hydrogen-bond acceptors (Lipinski definition) is 3. The normalized spacial score (nSPS) is 10.1. The van der Waals surface area contributed by atoms with Crippen LogP contribution in [-0.4, -0.2) is 17.1 Å². The van der Waals surface area contributed by atoms with Crippen molar-refractivity contribution in [1.82, 2.24) is 4.98 Å². The first kappa shape index (κ1) is 12.6. The van der Waals surface area contributed by atoms with E-state index in [1.807, 2.05) is 24.5 Å². The van der Waals surface area contributed by atoms with E-state index in [-0.39, 0.29) is 5.91 Å². The topological polar surface area (TPSA) is 42.0 Å². The van der Waals surface area contributed by atoms with Crippen molar-refractivity contribution in [3.63, 3.8) is 0 Å². The van der Waals surface area contributed by atoms with Crippen LogP contribution in [0.5, 0.6) is 0 Å². The van der Waals surface area contributed by atoms with E-state index in [1.54, 1.807) is 17.8 Å². The molecular weight excluding hydrogens is 251 g/mol. The molecule has 18 heavy (non-hydrogen) atoms. The summed E-state index contributed by atoms with van der Waals surface area (Å²) in [6.45, 7) is 0. The fourth-order valence-corrected chi connectivity index (χ4v) is 1.87. The van der Waals surface area contributed by atoms with Gasteiger partial charge in [-0.05, 0) is 36.6 Å². The Labute approximate surface area is 108 Å². The quantitative estimate of drug-likeness (QED) is 0.682. The minimum absolute atomic E-state index is 0.305. The molecule has 2 rings (SSSR count). The van der Waals surface area contributed by atoms with Crippen LogP contribution in [0, 0.1) is 5.95 Å². The molecule has 0 bridgehead atoms. The number of anilines is 1. The molecule has 0 saturated carbocycles. The summed E-state index contributed by atoms with van der Waals surface area (Å²) in [5.74, 6) is -0.906. The van der Waals surface area contributed by atoms with Crippen molar-refractivity contribution in [2.45, 2.75) is 4.90 Å². The van der Waals surface area contributed by atoms with Gasteiger partial charge >= 0.3 is 0 Å². The SMILES string of the molecule is CSc1cccc(NC(=O)c2ccc(F)nc2)c1. The molecule has 2 aromatic rings. The van der Waals surface area contributed by atoms with Gasteiger partial charge in [0.1, 0.15) is 0 Å².